The van der Waals surface area contributed by atoms with Crippen molar-refractivity contribution >= 4 is 30.0 Å². The van der Waals surface area contributed by atoms with Gasteiger partial charge in [-0.05, 0) is 34.6 Å². The molecule has 0 aromatic rings. The normalized spacial score (nSPS) is 11.7. The molecule has 9 nitrogen and oxygen atoms in total. The first-order chi connectivity index (χ1) is 16.2. The molecule has 0 aliphatic carbocycles. The highest BCUT2D eigenvalue weighted by molar-refractivity contribution is 6.64. The Labute approximate surface area is 212 Å². The van der Waals surface area contributed by atoms with E-state index in [0.717, 1.165) is 0 Å². The lowest BCUT2D eigenvalue weighted by Gasteiger charge is -2.33. The summed E-state index contributed by atoms with van der Waals surface area (Å²) in [6, 6.07) is 0.313. The van der Waals surface area contributed by atoms with Crippen molar-refractivity contribution in [1.82, 2.24) is 0 Å². The van der Waals surface area contributed by atoms with Crippen molar-refractivity contribution in [2.45, 2.75) is 53.1 Å². The second-order valence-electron chi connectivity index (χ2n) is 8.22. The molecule has 0 saturated carbocycles. The van der Waals surface area contributed by atoms with Crippen LogP contribution in [-0.2, 0) is 41.2 Å². The number of carbonyl (C=O) groups is 2. The van der Waals surface area contributed by atoms with Crippen LogP contribution in [0.4, 0.5) is 0 Å². The van der Waals surface area contributed by atoms with Crippen LogP contribution in [0, 0.1) is 0 Å². The smallest absolute Gasteiger partial charge is 0.488 e. The zero-order valence-corrected chi connectivity index (χ0v) is 24.1. The molecule has 0 heterocycles. The van der Waals surface area contributed by atoms with Crippen LogP contribution in [0.3, 0.4) is 0 Å². The summed E-state index contributed by atoms with van der Waals surface area (Å²) in [6.45, 7) is 29.0. The summed E-state index contributed by atoms with van der Waals surface area (Å²) in [4.78, 5) is 23.3. The molecule has 198 valence electrons. The van der Waals surface area contributed by atoms with E-state index in [-0.39, 0.29) is 32.0 Å². The van der Waals surface area contributed by atoms with E-state index in [1.165, 1.54) is 0 Å². The van der Waals surface area contributed by atoms with Crippen molar-refractivity contribution in [1.29, 1.82) is 0 Å². The fraction of sp³-hybridized carbons (Fsp3) is 0.500. The van der Waals surface area contributed by atoms with Crippen LogP contribution < -0.4 is 0 Å². The quantitative estimate of drug-likeness (QED) is 0.0791. The average Bonchev–Trinajstić information content (AvgIpc) is 2.69. The lowest BCUT2D eigenvalue weighted by molar-refractivity contribution is -0.140. The fourth-order valence-electron chi connectivity index (χ4n) is 2.69. The summed E-state index contributed by atoms with van der Waals surface area (Å²) in [6.07, 6.45) is 0. The summed E-state index contributed by atoms with van der Waals surface area (Å²) in [5.74, 6) is 0.261. The Morgan fingerprint density at radius 3 is 1.31 bits per heavy atom. The van der Waals surface area contributed by atoms with E-state index < -0.39 is 30.0 Å². The molecule has 11 heteroatoms. The van der Waals surface area contributed by atoms with Gasteiger partial charge in [0.05, 0.1) is 36.5 Å². The van der Waals surface area contributed by atoms with Gasteiger partial charge >= 0.3 is 30.0 Å². The highest BCUT2D eigenvalue weighted by Gasteiger charge is 2.52. The molecule has 1 unspecified atom stereocenters. The van der Waals surface area contributed by atoms with Gasteiger partial charge in [0.2, 0.25) is 0 Å². The highest BCUT2D eigenvalue weighted by atomic mass is 28.4. The number of rotatable bonds is 19. The van der Waals surface area contributed by atoms with Crippen molar-refractivity contribution in [2.75, 3.05) is 26.4 Å². The largest absolute Gasteiger partial charge is 0.698 e. The lowest BCUT2D eigenvalue weighted by Crippen LogP contribution is -2.47. The summed E-state index contributed by atoms with van der Waals surface area (Å²) >= 11 is 0. The Balaban J connectivity index is 5.50. The molecular weight excluding hydrogens is 488 g/mol. The summed E-state index contributed by atoms with van der Waals surface area (Å²) in [5.41, 5.74) is 0.391. The van der Waals surface area contributed by atoms with Crippen molar-refractivity contribution in [3.8, 4) is 0 Å². The predicted molar refractivity (Wildman–Crippen MR) is 138 cm³/mol. The highest BCUT2D eigenvalue weighted by Crippen LogP contribution is 2.32. The molecule has 0 aromatic heterocycles. The maximum absolute atomic E-state index is 11.6. The van der Waals surface area contributed by atoms with Gasteiger partial charge in [0.25, 0.3) is 0 Å². The molecule has 1 atom stereocenters. The van der Waals surface area contributed by atoms with E-state index in [2.05, 4.69) is 32.9 Å². The van der Waals surface area contributed by atoms with E-state index in [9.17, 15) is 9.59 Å². The molecule has 0 fully saturated rings. The summed E-state index contributed by atoms with van der Waals surface area (Å²) in [7, 11) is -5.85. The molecule has 0 amide bonds. The second-order valence-corrected chi connectivity index (χ2v) is 13.1. The Morgan fingerprint density at radius 2 is 1.03 bits per heavy atom. The monoisotopic (exact) mass is 528 g/mol. The Bertz CT molecular complexity index is 732. The van der Waals surface area contributed by atoms with Gasteiger partial charge in [0, 0.05) is 16.7 Å². The van der Waals surface area contributed by atoms with E-state index in [0.29, 0.717) is 34.5 Å². The van der Waals surface area contributed by atoms with Crippen LogP contribution in [0.25, 0.3) is 0 Å². The molecule has 0 aliphatic rings. The average molecular weight is 529 g/mol. The van der Waals surface area contributed by atoms with Gasteiger partial charge < -0.3 is 31.6 Å². The first-order valence-corrected chi connectivity index (χ1v) is 14.6. The minimum atomic E-state index is -3.39. The number of hydrogen-bond donors (Lipinski definition) is 0. The van der Waals surface area contributed by atoms with Gasteiger partial charge in [-0.1, -0.05) is 39.8 Å². The van der Waals surface area contributed by atoms with E-state index in [1.807, 2.05) is 6.92 Å². The summed E-state index contributed by atoms with van der Waals surface area (Å²) < 4.78 is 40.1. The number of allylic oxidation sites excluding steroid dienone is 3. The second kappa shape index (κ2) is 16.1. The van der Waals surface area contributed by atoms with Crippen LogP contribution in [0.1, 0.15) is 41.5 Å². The molecule has 35 heavy (non-hydrogen) atoms. The van der Waals surface area contributed by atoms with Gasteiger partial charge in [-0.25, -0.2) is 9.59 Å². The van der Waals surface area contributed by atoms with Crippen molar-refractivity contribution < 1.29 is 41.2 Å². The maximum atomic E-state index is 11.6. The third-order valence-corrected chi connectivity index (χ3v) is 9.81. The number of carbonyl (C=O) groups excluding carboxylic acids is 2. The number of ether oxygens (including phenoxy) is 2. The van der Waals surface area contributed by atoms with Crippen molar-refractivity contribution in [2.24, 2.45) is 0 Å². The Kier molecular flexibility index (Phi) is 14.9. The molecule has 0 aliphatic heterocycles. The predicted octanol–water partition coefficient (Wildman–Crippen LogP) is 4.46. The SMILES string of the molecule is C=C(C)O[Si](CC(C)[SiH](OCCOC(=O)C(=C)C)OCCOC(=O)C(=C)C)(OC(=C)C)OC(=C)C. The van der Waals surface area contributed by atoms with Crippen LogP contribution in [0.2, 0.25) is 11.6 Å². The zero-order chi connectivity index (χ0) is 27.2. The van der Waals surface area contributed by atoms with Gasteiger partial charge in [-0.3, -0.25) is 0 Å². The maximum Gasteiger partial charge on any atom is 0.698 e. The molecular formula is C24H40O9Si2. The van der Waals surface area contributed by atoms with Crippen molar-refractivity contribution in [3.05, 3.63) is 61.3 Å². The van der Waals surface area contributed by atoms with Crippen molar-refractivity contribution in [3.63, 3.8) is 0 Å². The molecule has 0 saturated heterocycles. The third kappa shape index (κ3) is 14.4. The minimum Gasteiger partial charge on any atom is -0.488 e. The molecule has 0 rings (SSSR count). The first-order valence-electron chi connectivity index (χ1n) is 11.1. The molecule has 0 bridgehead atoms. The van der Waals surface area contributed by atoms with E-state index in [4.69, 9.17) is 31.6 Å². The number of hydrogen-bond acceptors (Lipinski definition) is 9. The fourth-order valence-corrected chi connectivity index (χ4v) is 8.50. The van der Waals surface area contributed by atoms with Gasteiger partial charge in [-0.2, -0.15) is 0 Å². The van der Waals surface area contributed by atoms with E-state index in [1.54, 1.807) is 34.6 Å². The third-order valence-electron chi connectivity index (χ3n) is 3.92. The van der Waals surface area contributed by atoms with Crippen LogP contribution in [-0.4, -0.2) is 56.5 Å². The standard InChI is InChI=1S/C24H40O9Si2/c1-17(2)23(25)27-12-14-29-34(30-15-13-28-24(26)18(3)4)22(11)16-35(31-19(5)6,32-20(7)8)33-21(9)10/h22,34H,1,3,5,7,9,12-16H2,2,4,6,8,10-11H3. The van der Waals surface area contributed by atoms with Gasteiger partial charge in [0.1, 0.15) is 13.2 Å². The molecule has 0 spiro atoms. The van der Waals surface area contributed by atoms with Gasteiger partial charge in [0.15, 0.2) is 0 Å². The molecule has 0 aromatic carbocycles. The summed E-state index contributed by atoms with van der Waals surface area (Å²) in [5, 5.41) is 0. The van der Waals surface area contributed by atoms with Crippen LogP contribution in [0.5, 0.6) is 0 Å². The first kappa shape index (κ1) is 32.4. The van der Waals surface area contributed by atoms with Crippen LogP contribution in [0.15, 0.2) is 61.3 Å². The van der Waals surface area contributed by atoms with Crippen LogP contribution >= 0.6 is 0 Å². The Hall–Kier alpha value is -2.61. The van der Waals surface area contributed by atoms with E-state index >= 15 is 0 Å². The molecule has 0 N–H and O–H groups in total. The topological polar surface area (TPSA) is 98.8 Å². The minimum absolute atomic E-state index is 0.0330. The van der Waals surface area contributed by atoms with Gasteiger partial charge in [-0.15, -0.1) is 0 Å². The number of esters is 2. The molecule has 0 radical (unpaired) electrons. The Morgan fingerprint density at radius 1 is 0.686 bits per heavy atom. The lowest BCUT2D eigenvalue weighted by atomic mass is 10.4. The zero-order valence-electron chi connectivity index (χ0n) is 21.9.